The van der Waals surface area contributed by atoms with E-state index in [9.17, 15) is 0 Å². The second-order valence-electron chi connectivity index (χ2n) is 6.38. The molecule has 0 atom stereocenters. The molecule has 1 aliphatic heterocycles. The maximum Gasteiger partial charge on any atom is 0.204 e. The van der Waals surface area contributed by atoms with Gasteiger partial charge in [0.25, 0.3) is 0 Å². The molecule has 6 heteroatoms. The Balaban J connectivity index is 0.00000210. The van der Waals surface area contributed by atoms with E-state index in [1.807, 2.05) is 16.8 Å². The van der Waals surface area contributed by atoms with Crippen molar-refractivity contribution in [3.05, 3.63) is 76.9 Å². The molecule has 27 heavy (non-hydrogen) atoms. The smallest absolute Gasteiger partial charge is 0.204 e. The molecule has 0 bridgehead atoms. The molecule has 2 aromatic carbocycles. The van der Waals surface area contributed by atoms with E-state index in [1.54, 1.807) is 0 Å². The third kappa shape index (κ3) is 5.15. The maximum atomic E-state index is 5.49. The maximum absolute atomic E-state index is 5.49. The largest absolute Gasteiger partial charge is 1.00 e. The zero-order valence-corrected chi connectivity index (χ0v) is 18.1. The van der Waals surface area contributed by atoms with Crippen LogP contribution in [0.3, 0.4) is 0 Å². The van der Waals surface area contributed by atoms with Crippen LogP contribution in [0.4, 0.5) is 5.82 Å². The van der Waals surface area contributed by atoms with Gasteiger partial charge in [-0.25, -0.2) is 0 Å². The number of rotatable bonds is 4. The van der Waals surface area contributed by atoms with E-state index < -0.39 is 0 Å². The molecule has 0 unspecified atom stereocenters. The molecule has 2 heterocycles. The lowest BCUT2D eigenvalue weighted by molar-refractivity contribution is -0.744. The first-order valence-electron chi connectivity index (χ1n) is 8.82. The van der Waals surface area contributed by atoms with Crippen LogP contribution in [0, 0.1) is 0 Å². The number of anilines is 1. The van der Waals surface area contributed by atoms with Gasteiger partial charge in [-0.3, -0.25) is 0 Å². The number of ether oxygens (including phenoxy) is 1. The fraction of sp³-hybridized carbons (Fsp3) is 0.238. The van der Waals surface area contributed by atoms with Gasteiger partial charge in [0.05, 0.1) is 18.8 Å². The number of hydrogen-bond donors (Lipinski definition) is 0. The summed E-state index contributed by atoms with van der Waals surface area (Å²) < 4.78 is 8.62. The predicted octanol–water partition coefficient (Wildman–Crippen LogP) is 0.687. The van der Waals surface area contributed by atoms with Crippen molar-refractivity contribution < 1.29 is 26.4 Å². The molecule has 0 radical (unpaired) electrons. The summed E-state index contributed by atoms with van der Waals surface area (Å²) >= 11 is 3.55. The quantitative estimate of drug-likeness (QED) is 0.504. The van der Waals surface area contributed by atoms with Crippen molar-refractivity contribution in [3.8, 4) is 11.1 Å². The molecule has 0 N–H and O–H groups in total. The van der Waals surface area contributed by atoms with Crippen LogP contribution >= 0.6 is 15.9 Å². The summed E-state index contributed by atoms with van der Waals surface area (Å²) in [6.07, 6.45) is 2.13. The highest BCUT2D eigenvalue weighted by Gasteiger charge is 2.19. The van der Waals surface area contributed by atoms with E-state index >= 15 is 0 Å². The number of benzene rings is 2. The van der Waals surface area contributed by atoms with Crippen LogP contribution in [0.15, 0.2) is 71.3 Å². The number of morpholine rings is 1. The van der Waals surface area contributed by atoms with E-state index in [-0.39, 0.29) is 17.0 Å². The zero-order valence-electron chi connectivity index (χ0n) is 14.9. The van der Waals surface area contributed by atoms with Crippen molar-refractivity contribution >= 4 is 21.7 Å². The Bertz CT molecular complexity index is 884. The zero-order chi connectivity index (χ0) is 17.8. The van der Waals surface area contributed by atoms with E-state index in [2.05, 4.69) is 75.6 Å². The number of halogens is 2. The Morgan fingerprint density at radius 3 is 2.48 bits per heavy atom. The lowest BCUT2D eigenvalue weighted by Crippen LogP contribution is -3.00. The highest BCUT2D eigenvalue weighted by Crippen LogP contribution is 2.22. The van der Waals surface area contributed by atoms with Crippen molar-refractivity contribution in [2.45, 2.75) is 6.54 Å². The van der Waals surface area contributed by atoms with Gasteiger partial charge in [-0.2, -0.15) is 0 Å². The molecule has 0 saturated carbocycles. The Kier molecular flexibility index (Phi) is 6.99. The van der Waals surface area contributed by atoms with E-state index in [0.29, 0.717) is 0 Å². The Morgan fingerprint density at radius 1 is 0.963 bits per heavy atom. The Labute approximate surface area is 178 Å². The minimum absolute atomic E-state index is 0. The monoisotopic (exact) mass is 489 g/mol. The van der Waals surface area contributed by atoms with E-state index in [1.165, 1.54) is 16.7 Å². The average Bonchev–Trinajstić information content (AvgIpc) is 2.69. The summed E-state index contributed by atoms with van der Waals surface area (Å²) in [6, 6.07) is 21.0. The third-order valence-electron chi connectivity index (χ3n) is 4.48. The first-order valence-corrected chi connectivity index (χ1v) is 9.62. The summed E-state index contributed by atoms with van der Waals surface area (Å²) in [5, 5.41) is 4.88. The number of aromatic nitrogens is 2. The minimum atomic E-state index is 0. The summed E-state index contributed by atoms with van der Waals surface area (Å²) in [7, 11) is 0. The molecule has 0 amide bonds. The van der Waals surface area contributed by atoms with Crippen LogP contribution in [0.2, 0.25) is 0 Å². The van der Waals surface area contributed by atoms with Gasteiger partial charge >= 0.3 is 0 Å². The molecule has 0 aliphatic carbocycles. The summed E-state index contributed by atoms with van der Waals surface area (Å²) in [5.41, 5.74) is 3.60. The summed E-state index contributed by atoms with van der Waals surface area (Å²) in [4.78, 5) is 2.30. The SMILES string of the molecule is Brc1cccc(C[n+]2cc(-c3ccccc3)cc(N3CCOCC3)n2)c1.[Br-]. The third-order valence-corrected chi connectivity index (χ3v) is 4.97. The molecule has 3 aromatic rings. The van der Waals surface area contributed by atoms with Gasteiger partial charge in [0.1, 0.15) is 0 Å². The van der Waals surface area contributed by atoms with Crippen LogP contribution in [0.5, 0.6) is 0 Å². The molecule has 1 aromatic heterocycles. The summed E-state index contributed by atoms with van der Waals surface area (Å²) in [6.45, 7) is 3.99. The first kappa shape index (κ1) is 20.0. The molecule has 140 valence electrons. The lowest BCUT2D eigenvalue weighted by atomic mass is 10.1. The molecular weight excluding hydrogens is 470 g/mol. The van der Waals surface area contributed by atoms with E-state index in [4.69, 9.17) is 9.84 Å². The van der Waals surface area contributed by atoms with Gasteiger partial charge in [-0.1, -0.05) is 63.1 Å². The van der Waals surface area contributed by atoms with Crippen molar-refractivity contribution in [2.24, 2.45) is 0 Å². The predicted molar refractivity (Wildman–Crippen MR) is 106 cm³/mol. The van der Waals surface area contributed by atoms with Gasteiger partial charge in [0.15, 0.2) is 12.4 Å². The molecular formula is C21H21Br2N3O. The van der Waals surface area contributed by atoms with Gasteiger partial charge in [0, 0.05) is 34.3 Å². The summed E-state index contributed by atoms with van der Waals surface area (Å²) in [5.74, 6) is 1.00. The highest BCUT2D eigenvalue weighted by molar-refractivity contribution is 9.10. The topological polar surface area (TPSA) is 29.2 Å². The fourth-order valence-electron chi connectivity index (χ4n) is 3.17. The van der Waals surface area contributed by atoms with Crippen molar-refractivity contribution in [2.75, 3.05) is 31.2 Å². The Hall–Kier alpha value is -1.76. The normalized spacial score (nSPS) is 13.9. The van der Waals surface area contributed by atoms with Gasteiger partial charge in [-0.15, -0.1) is 0 Å². The van der Waals surface area contributed by atoms with Crippen LogP contribution < -0.4 is 26.6 Å². The molecule has 4 nitrogen and oxygen atoms in total. The lowest BCUT2D eigenvalue weighted by Gasteiger charge is -2.26. The highest BCUT2D eigenvalue weighted by atomic mass is 79.9. The second kappa shape index (κ2) is 9.44. The fourth-order valence-corrected chi connectivity index (χ4v) is 3.61. The first-order chi connectivity index (χ1) is 12.8. The van der Waals surface area contributed by atoms with E-state index in [0.717, 1.165) is 43.1 Å². The van der Waals surface area contributed by atoms with Gasteiger partial charge in [-0.05, 0) is 17.7 Å². The number of nitrogens with zero attached hydrogens (tertiary/aromatic N) is 3. The van der Waals surface area contributed by atoms with Crippen molar-refractivity contribution in [1.29, 1.82) is 0 Å². The van der Waals surface area contributed by atoms with Crippen LogP contribution in [-0.2, 0) is 11.3 Å². The molecule has 0 spiro atoms. The minimum Gasteiger partial charge on any atom is -1.00 e. The number of hydrogen-bond acceptors (Lipinski definition) is 3. The molecule has 1 saturated heterocycles. The average molecular weight is 491 g/mol. The Morgan fingerprint density at radius 2 is 1.74 bits per heavy atom. The molecule has 1 aliphatic rings. The van der Waals surface area contributed by atoms with Gasteiger partial charge in [0.2, 0.25) is 6.20 Å². The molecule has 4 rings (SSSR count). The standard InChI is InChI=1S/C21H21BrN3O.BrH/c22-20-8-4-5-17(13-20)15-25-16-19(18-6-2-1-3-7-18)14-21(23-25)24-9-11-26-12-10-24;/h1-8,13-14,16H,9-12,15H2;1H/q+1;/p-1. The van der Waals surface area contributed by atoms with Crippen LogP contribution in [0.25, 0.3) is 11.1 Å². The van der Waals surface area contributed by atoms with Crippen LogP contribution in [0.1, 0.15) is 5.56 Å². The van der Waals surface area contributed by atoms with Gasteiger partial charge < -0.3 is 26.6 Å². The second-order valence-corrected chi connectivity index (χ2v) is 7.30. The van der Waals surface area contributed by atoms with Crippen molar-refractivity contribution in [3.63, 3.8) is 0 Å². The molecule has 1 fully saturated rings. The van der Waals surface area contributed by atoms with Crippen LogP contribution in [-0.4, -0.2) is 31.4 Å². The van der Waals surface area contributed by atoms with Crippen molar-refractivity contribution in [1.82, 2.24) is 5.10 Å².